The topological polar surface area (TPSA) is 89.1 Å². The Balaban J connectivity index is 1.74. The lowest BCUT2D eigenvalue weighted by Gasteiger charge is -2.13. The molecule has 1 atom stereocenters. The van der Waals surface area contributed by atoms with Gasteiger partial charge in [-0.05, 0) is 25.1 Å². The van der Waals surface area contributed by atoms with Gasteiger partial charge in [0, 0.05) is 16.0 Å². The number of H-pyrrole nitrogens is 1. The number of Topliss-reactive ketones (excluding diaryl/α,β-unsaturated/α-hetero) is 1. The summed E-state index contributed by atoms with van der Waals surface area (Å²) in [6.07, 6.45) is -1.13. The van der Waals surface area contributed by atoms with Crippen LogP contribution < -0.4 is 5.56 Å². The molecule has 0 spiro atoms. The maximum absolute atomic E-state index is 12.3. The van der Waals surface area contributed by atoms with Crippen molar-refractivity contribution >= 4 is 34.1 Å². The molecule has 0 aliphatic heterocycles. The Labute approximate surface area is 153 Å². The van der Waals surface area contributed by atoms with Crippen molar-refractivity contribution in [2.24, 2.45) is 0 Å². The van der Waals surface area contributed by atoms with Crippen molar-refractivity contribution in [3.8, 4) is 0 Å². The van der Waals surface area contributed by atoms with Gasteiger partial charge in [-0.3, -0.25) is 14.4 Å². The van der Waals surface area contributed by atoms with Gasteiger partial charge in [0.1, 0.15) is 0 Å². The normalized spacial score (nSPS) is 11.9. The van der Waals surface area contributed by atoms with Crippen molar-refractivity contribution in [2.75, 3.05) is 0 Å². The average molecular weight is 371 g/mol. The number of ketones is 1. The van der Waals surface area contributed by atoms with Crippen LogP contribution >= 0.6 is 11.6 Å². The van der Waals surface area contributed by atoms with Gasteiger partial charge in [0.25, 0.3) is 5.56 Å². The highest BCUT2D eigenvalue weighted by atomic mass is 35.5. The second-order valence-electron chi connectivity index (χ2n) is 5.73. The van der Waals surface area contributed by atoms with Crippen molar-refractivity contribution < 1.29 is 14.3 Å². The minimum absolute atomic E-state index is 0.162. The van der Waals surface area contributed by atoms with E-state index < -0.39 is 12.1 Å². The van der Waals surface area contributed by atoms with Crippen LogP contribution in [0.4, 0.5) is 0 Å². The number of hydrogen-bond acceptors (Lipinski definition) is 5. The monoisotopic (exact) mass is 370 g/mol. The summed E-state index contributed by atoms with van der Waals surface area (Å²) in [5, 5.41) is 7.73. The van der Waals surface area contributed by atoms with Crippen LogP contribution in [0.3, 0.4) is 0 Å². The van der Waals surface area contributed by atoms with Crippen molar-refractivity contribution in [1.82, 2.24) is 10.2 Å². The number of nitrogens with one attached hydrogen (secondary N) is 1. The fourth-order valence-electron chi connectivity index (χ4n) is 2.61. The molecular formula is C19H15ClN2O4. The summed E-state index contributed by atoms with van der Waals surface area (Å²) in [7, 11) is 0. The van der Waals surface area contributed by atoms with Gasteiger partial charge in [-0.15, -0.1) is 0 Å². The number of rotatable bonds is 5. The van der Waals surface area contributed by atoms with Gasteiger partial charge in [0.2, 0.25) is 5.78 Å². The maximum atomic E-state index is 12.3. The first-order valence-corrected chi connectivity index (χ1v) is 8.29. The molecule has 0 saturated heterocycles. The molecule has 0 aliphatic rings. The summed E-state index contributed by atoms with van der Waals surface area (Å²) in [6.45, 7) is 1.50. The summed E-state index contributed by atoms with van der Waals surface area (Å²) in [5.41, 5.74) is 0.417. The zero-order valence-electron chi connectivity index (χ0n) is 13.9. The van der Waals surface area contributed by atoms with Gasteiger partial charge in [0.15, 0.2) is 6.10 Å². The Morgan fingerprint density at radius 1 is 1.15 bits per heavy atom. The summed E-state index contributed by atoms with van der Waals surface area (Å²) in [4.78, 5) is 36.3. The molecule has 1 heterocycles. The first-order valence-electron chi connectivity index (χ1n) is 7.91. The SMILES string of the molecule is C[C@H](OC(=O)Cc1n[nH]c(=O)c2ccccc12)C(=O)c1cccc(Cl)c1. The number of carbonyl (C=O) groups is 2. The standard InChI is InChI=1S/C19H15ClN2O4/c1-11(18(24)12-5-4-6-13(20)9-12)26-17(23)10-16-14-7-2-3-8-15(14)19(25)22-21-16/h2-9,11H,10H2,1H3,(H,22,25)/t11-/m0/s1. The minimum atomic E-state index is -0.963. The number of fused-ring (bicyclic) bond motifs is 1. The van der Waals surface area contributed by atoms with Crippen LogP contribution in [0.2, 0.25) is 5.02 Å². The zero-order chi connectivity index (χ0) is 18.7. The van der Waals surface area contributed by atoms with E-state index in [-0.39, 0.29) is 17.8 Å². The van der Waals surface area contributed by atoms with Crippen LogP contribution in [0.5, 0.6) is 0 Å². The van der Waals surface area contributed by atoms with Gasteiger partial charge >= 0.3 is 5.97 Å². The van der Waals surface area contributed by atoms with Crippen molar-refractivity contribution in [3.05, 3.63) is 75.2 Å². The number of benzene rings is 2. The summed E-state index contributed by atoms with van der Waals surface area (Å²) < 4.78 is 5.23. The smallest absolute Gasteiger partial charge is 0.312 e. The Hall–Kier alpha value is -2.99. The first-order chi connectivity index (χ1) is 12.5. The molecule has 0 unspecified atom stereocenters. The molecule has 0 radical (unpaired) electrons. The molecule has 132 valence electrons. The van der Waals surface area contributed by atoms with Crippen molar-refractivity contribution in [1.29, 1.82) is 0 Å². The molecule has 0 amide bonds. The van der Waals surface area contributed by atoms with E-state index in [2.05, 4.69) is 10.2 Å². The second kappa shape index (κ2) is 7.49. The molecule has 0 saturated carbocycles. The molecule has 1 N–H and O–H groups in total. The molecule has 3 aromatic rings. The van der Waals surface area contributed by atoms with E-state index in [1.54, 1.807) is 42.5 Å². The van der Waals surface area contributed by atoms with Gasteiger partial charge in [-0.2, -0.15) is 5.10 Å². The third-order valence-electron chi connectivity index (χ3n) is 3.87. The Morgan fingerprint density at radius 2 is 1.88 bits per heavy atom. The number of aromatic amines is 1. The number of halogens is 1. The highest BCUT2D eigenvalue weighted by Gasteiger charge is 2.21. The molecule has 0 bridgehead atoms. The second-order valence-corrected chi connectivity index (χ2v) is 6.16. The molecular weight excluding hydrogens is 356 g/mol. The number of carbonyl (C=O) groups excluding carboxylic acids is 2. The predicted molar refractivity (Wildman–Crippen MR) is 97.4 cm³/mol. The minimum Gasteiger partial charge on any atom is -0.454 e. The van der Waals surface area contributed by atoms with Crippen LogP contribution in [-0.4, -0.2) is 28.1 Å². The molecule has 0 fully saturated rings. The number of ether oxygens (including phenoxy) is 1. The molecule has 2 aromatic carbocycles. The molecule has 0 aliphatic carbocycles. The first kappa shape index (κ1) is 17.8. The summed E-state index contributed by atoms with van der Waals surface area (Å²) in [5.74, 6) is -0.960. The number of esters is 1. The van der Waals surface area contributed by atoms with Crippen LogP contribution in [0, 0.1) is 0 Å². The summed E-state index contributed by atoms with van der Waals surface area (Å²) >= 11 is 5.88. The third kappa shape index (κ3) is 3.81. The van der Waals surface area contributed by atoms with E-state index in [1.165, 1.54) is 13.0 Å². The van der Waals surface area contributed by atoms with E-state index in [0.717, 1.165) is 0 Å². The Kier molecular flexibility index (Phi) is 5.14. The highest BCUT2D eigenvalue weighted by molar-refractivity contribution is 6.31. The number of nitrogens with zero attached hydrogens (tertiary/aromatic N) is 1. The molecule has 1 aromatic heterocycles. The largest absolute Gasteiger partial charge is 0.454 e. The fraction of sp³-hybridized carbons (Fsp3) is 0.158. The van der Waals surface area contributed by atoms with E-state index in [9.17, 15) is 14.4 Å². The van der Waals surface area contributed by atoms with E-state index in [1.807, 2.05) is 0 Å². The van der Waals surface area contributed by atoms with Gasteiger partial charge in [-0.25, -0.2) is 5.10 Å². The van der Waals surface area contributed by atoms with Crippen LogP contribution in [0.15, 0.2) is 53.3 Å². The quantitative estimate of drug-likeness (QED) is 0.551. The average Bonchev–Trinajstić information content (AvgIpc) is 2.63. The maximum Gasteiger partial charge on any atom is 0.312 e. The number of hydrogen-bond donors (Lipinski definition) is 1. The lowest BCUT2D eigenvalue weighted by molar-refractivity contribution is -0.145. The van der Waals surface area contributed by atoms with Crippen LogP contribution in [-0.2, 0) is 16.0 Å². The Morgan fingerprint density at radius 3 is 2.62 bits per heavy atom. The third-order valence-corrected chi connectivity index (χ3v) is 4.11. The van der Waals surface area contributed by atoms with Gasteiger partial charge < -0.3 is 4.74 Å². The lowest BCUT2D eigenvalue weighted by atomic mass is 10.1. The Bertz CT molecular complexity index is 1040. The summed E-state index contributed by atoms with van der Waals surface area (Å²) in [6, 6.07) is 13.3. The van der Waals surface area contributed by atoms with Gasteiger partial charge in [-0.1, -0.05) is 41.9 Å². The van der Waals surface area contributed by atoms with Crippen molar-refractivity contribution in [2.45, 2.75) is 19.4 Å². The predicted octanol–water partition coefficient (Wildman–Crippen LogP) is 2.93. The fourth-order valence-corrected chi connectivity index (χ4v) is 2.80. The molecule has 26 heavy (non-hydrogen) atoms. The van der Waals surface area contributed by atoms with Crippen LogP contribution in [0.25, 0.3) is 10.8 Å². The highest BCUT2D eigenvalue weighted by Crippen LogP contribution is 2.16. The van der Waals surface area contributed by atoms with Crippen LogP contribution in [0.1, 0.15) is 23.0 Å². The van der Waals surface area contributed by atoms with Gasteiger partial charge in [0.05, 0.1) is 17.5 Å². The van der Waals surface area contributed by atoms with E-state index >= 15 is 0 Å². The zero-order valence-corrected chi connectivity index (χ0v) is 14.6. The van der Waals surface area contributed by atoms with E-state index in [0.29, 0.717) is 27.1 Å². The van der Waals surface area contributed by atoms with E-state index in [4.69, 9.17) is 16.3 Å². The lowest BCUT2D eigenvalue weighted by Crippen LogP contribution is -2.26. The number of aromatic nitrogens is 2. The molecule has 3 rings (SSSR count). The molecule has 6 nitrogen and oxygen atoms in total. The van der Waals surface area contributed by atoms with Crippen molar-refractivity contribution in [3.63, 3.8) is 0 Å². The molecule has 7 heteroatoms.